The third kappa shape index (κ3) is 5.72. The summed E-state index contributed by atoms with van der Waals surface area (Å²) in [5, 5.41) is 14.3. The molecule has 1 amide bonds. The number of carbonyl (C=O) groups is 1. The van der Waals surface area contributed by atoms with E-state index in [-0.39, 0.29) is 11.7 Å². The van der Waals surface area contributed by atoms with Gasteiger partial charge in [-0.2, -0.15) is 0 Å². The number of hydrogen-bond acceptors (Lipinski definition) is 7. The molecule has 2 aromatic heterocycles. The zero-order valence-electron chi connectivity index (χ0n) is 16.5. The summed E-state index contributed by atoms with van der Waals surface area (Å²) < 4.78 is 8.56. The van der Waals surface area contributed by atoms with Crippen LogP contribution >= 0.6 is 39.0 Å². The van der Waals surface area contributed by atoms with Crippen LogP contribution in [0.2, 0.25) is 0 Å². The number of hydrogen-bond donors (Lipinski definition) is 1. The lowest BCUT2D eigenvalue weighted by atomic mass is 10.2. The SMILES string of the molecule is Cn1c(COc2ccc(Br)cc2)nnc1SCC(=O)Nc1nc(-c2ccccc2)cs1. The second-order valence-corrected chi connectivity index (χ2v) is 9.16. The lowest BCUT2D eigenvalue weighted by Crippen LogP contribution is -2.14. The van der Waals surface area contributed by atoms with Crippen LogP contribution < -0.4 is 10.1 Å². The molecule has 2 heterocycles. The Morgan fingerprint density at radius 2 is 1.94 bits per heavy atom. The average molecular weight is 516 g/mol. The Morgan fingerprint density at radius 3 is 2.71 bits per heavy atom. The van der Waals surface area contributed by atoms with Gasteiger partial charge in [0.05, 0.1) is 11.4 Å². The molecule has 0 saturated heterocycles. The molecule has 0 unspecified atom stereocenters. The van der Waals surface area contributed by atoms with Gasteiger partial charge in [0, 0.05) is 22.5 Å². The lowest BCUT2D eigenvalue weighted by Gasteiger charge is -2.06. The Kier molecular flexibility index (Phi) is 7.00. The molecule has 158 valence electrons. The molecule has 0 spiro atoms. The molecule has 1 N–H and O–H groups in total. The van der Waals surface area contributed by atoms with Crippen LogP contribution in [0.1, 0.15) is 5.82 Å². The van der Waals surface area contributed by atoms with Crippen molar-refractivity contribution in [3.63, 3.8) is 0 Å². The standard InChI is InChI=1S/C21H18BrN5O2S2/c1-27-18(11-29-16-9-7-15(22)8-10-16)25-26-21(27)31-13-19(28)24-20-23-17(12-30-20)14-5-3-2-4-6-14/h2-10,12H,11,13H2,1H3,(H,23,24,28). The molecule has 2 aromatic carbocycles. The van der Waals surface area contributed by atoms with E-state index in [4.69, 9.17) is 4.74 Å². The Hall–Kier alpha value is -2.69. The van der Waals surface area contributed by atoms with E-state index in [9.17, 15) is 4.79 Å². The minimum absolute atomic E-state index is 0.144. The Morgan fingerprint density at radius 1 is 1.16 bits per heavy atom. The summed E-state index contributed by atoms with van der Waals surface area (Å²) in [4.78, 5) is 16.8. The number of nitrogens with one attached hydrogen (secondary N) is 1. The molecule has 0 radical (unpaired) electrons. The molecule has 4 aromatic rings. The van der Waals surface area contributed by atoms with Crippen LogP contribution in [0.5, 0.6) is 5.75 Å². The van der Waals surface area contributed by atoms with Crippen LogP contribution in [0.15, 0.2) is 69.6 Å². The van der Waals surface area contributed by atoms with E-state index in [0.29, 0.717) is 22.7 Å². The summed E-state index contributed by atoms with van der Waals surface area (Å²) in [5.41, 5.74) is 1.86. The number of thioether (sulfide) groups is 1. The Balaban J connectivity index is 1.29. The summed E-state index contributed by atoms with van der Waals surface area (Å²) in [6.45, 7) is 0.291. The molecular weight excluding hydrogens is 498 g/mol. The molecule has 0 bridgehead atoms. The van der Waals surface area contributed by atoms with Gasteiger partial charge in [-0.25, -0.2) is 4.98 Å². The van der Waals surface area contributed by atoms with E-state index in [1.54, 1.807) is 0 Å². The molecule has 0 aliphatic heterocycles. The molecule has 0 atom stereocenters. The molecule has 7 nitrogen and oxygen atoms in total. The minimum atomic E-state index is -0.144. The fraction of sp³-hybridized carbons (Fsp3) is 0.143. The number of carbonyl (C=O) groups excluding carboxylic acids is 1. The van der Waals surface area contributed by atoms with Crippen molar-refractivity contribution in [2.45, 2.75) is 11.8 Å². The normalized spacial score (nSPS) is 10.8. The maximum atomic E-state index is 12.3. The van der Waals surface area contributed by atoms with Gasteiger partial charge in [-0.3, -0.25) is 4.79 Å². The number of thiazole rings is 1. The van der Waals surface area contributed by atoms with Crippen LogP contribution in [-0.4, -0.2) is 31.4 Å². The first kappa shape index (κ1) is 21.5. The van der Waals surface area contributed by atoms with Gasteiger partial charge < -0.3 is 14.6 Å². The molecule has 0 fully saturated rings. The Labute approximate surface area is 196 Å². The van der Waals surface area contributed by atoms with E-state index in [1.165, 1.54) is 23.1 Å². The van der Waals surface area contributed by atoms with Crippen molar-refractivity contribution in [1.82, 2.24) is 19.7 Å². The fourth-order valence-corrected chi connectivity index (χ4v) is 4.36. The van der Waals surface area contributed by atoms with Crippen molar-refractivity contribution >= 4 is 50.1 Å². The quantitative estimate of drug-likeness (QED) is 0.332. The highest BCUT2D eigenvalue weighted by molar-refractivity contribution is 9.10. The number of aromatic nitrogens is 4. The molecule has 0 aliphatic carbocycles. The third-order valence-electron chi connectivity index (χ3n) is 4.26. The second kappa shape index (κ2) is 10.1. The summed E-state index contributed by atoms with van der Waals surface area (Å²) in [5.74, 6) is 1.49. The van der Waals surface area contributed by atoms with Crippen LogP contribution in [0.25, 0.3) is 11.3 Å². The summed E-state index contributed by atoms with van der Waals surface area (Å²) in [6.07, 6.45) is 0. The predicted molar refractivity (Wildman–Crippen MR) is 126 cm³/mol. The van der Waals surface area contributed by atoms with Gasteiger partial charge in [-0.1, -0.05) is 58.0 Å². The van der Waals surface area contributed by atoms with Crippen molar-refractivity contribution in [3.8, 4) is 17.0 Å². The van der Waals surface area contributed by atoms with Crippen LogP contribution in [-0.2, 0) is 18.4 Å². The van der Waals surface area contributed by atoms with Crippen molar-refractivity contribution in [1.29, 1.82) is 0 Å². The van der Waals surface area contributed by atoms with Gasteiger partial charge in [0.25, 0.3) is 0 Å². The maximum absolute atomic E-state index is 12.3. The van der Waals surface area contributed by atoms with E-state index >= 15 is 0 Å². The highest BCUT2D eigenvalue weighted by Gasteiger charge is 2.13. The van der Waals surface area contributed by atoms with Crippen molar-refractivity contribution in [2.24, 2.45) is 7.05 Å². The maximum Gasteiger partial charge on any atom is 0.236 e. The van der Waals surface area contributed by atoms with Crippen LogP contribution in [0.4, 0.5) is 5.13 Å². The minimum Gasteiger partial charge on any atom is -0.486 e. The number of benzene rings is 2. The van der Waals surface area contributed by atoms with E-state index in [0.717, 1.165) is 21.5 Å². The van der Waals surface area contributed by atoms with Crippen LogP contribution in [0, 0.1) is 0 Å². The number of anilines is 1. The van der Waals surface area contributed by atoms with E-state index < -0.39 is 0 Å². The third-order valence-corrected chi connectivity index (χ3v) is 6.57. The summed E-state index contributed by atoms with van der Waals surface area (Å²) in [6, 6.07) is 17.4. The van der Waals surface area contributed by atoms with Gasteiger partial charge in [-0.05, 0) is 24.3 Å². The largest absolute Gasteiger partial charge is 0.486 e. The highest BCUT2D eigenvalue weighted by Crippen LogP contribution is 2.25. The number of rotatable bonds is 8. The first-order chi connectivity index (χ1) is 15.1. The number of ether oxygens (including phenoxy) is 1. The fourth-order valence-electron chi connectivity index (χ4n) is 2.63. The van der Waals surface area contributed by atoms with Gasteiger partial charge >= 0.3 is 0 Å². The first-order valence-corrected chi connectivity index (χ1v) is 11.9. The number of amides is 1. The smallest absolute Gasteiger partial charge is 0.236 e. The lowest BCUT2D eigenvalue weighted by molar-refractivity contribution is -0.113. The highest BCUT2D eigenvalue weighted by atomic mass is 79.9. The zero-order valence-corrected chi connectivity index (χ0v) is 19.7. The topological polar surface area (TPSA) is 81.9 Å². The molecular formula is C21H18BrN5O2S2. The van der Waals surface area contributed by atoms with Gasteiger partial charge in [0.1, 0.15) is 12.4 Å². The monoisotopic (exact) mass is 515 g/mol. The van der Waals surface area contributed by atoms with E-state index in [1.807, 2.05) is 71.6 Å². The predicted octanol–water partition coefficient (Wildman–Crippen LogP) is 5.01. The molecule has 4 rings (SSSR count). The van der Waals surface area contributed by atoms with Crippen molar-refractivity contribution in [3.05, 3.63) is 70.3 Å². The van der Waals surface area contributed by atoms with E-state index in [2.05, 4.69) is 36.4 Å². The van der Waals surface area contributed by atoms with Crippen LogP contribution in [0.3, 0.4) is 0 Å². The number of nitrogens with zero attached hydrogens (tertiary/aromatic N) is 4. The molecule has 0 saturated carbocycles. The van der Waals surface area contributed by atoms with Crippen molar-refractivity contribution in [2.75, 3.05) is 11.1 Å². The average Bonchev–Trinajstić information content (AvgIpc) is 3.39. The molecule has 10 heteroatoms. The summed E-state index contributed by atoms with van der Waals surface area (Å²) >= 11 is 6.11. The molecule has 0 aliphatic rings. The zero-order chi connectivity index (χ0) is 21.6. The number of halogens is 1. The first-order valence-electron chi connectivity index (χ1n) is 9.29. The van der Waals surface area contributed by atoms with Gasteiger partial charge in [0.15, 0.2) is 16.1 Å². The van der Waals surface area contributed by atoms with Crippen molar-refractivity contribution < 1.29 is 9.53 Å². The molecule has 31 heavy (non-hydrogen) atoms. The van der Waals surface area contributed by atoms with Gasteiger partial charge in [0.2, 0.25) is 5.91 Å². The van der Waals surface area contributed by atoms with Gasteiger partial charge in [-0.15, -0.1) is 21.5 Å². The second-order valence-electron chi connectivity index (χ2n) is 6.44. The Bertz CT molecular complexity index is 1160. The summed E-state index contributed by atoms with van der Waals surface area (Å²) in [7, 11) is 1.85.